The van der Waals surface area contributed by atoms with Crippen LogP contribution in [0.3, 0.4) is 0 Å². The van der Waals surface area contributed by atoms with E-state index in [9.17, 15) is 9.59 Å². The number of nitrogens with zero attached hydrogens (tertiary/aromatic N) is 1. The third-order valence-electron chi connectivity index (χ3n) is 5.90. The summed E-state index contributed by atoms with van der Waals surface area (Å²) in [5.41, 5.74) is 1.79. The zero-order valence-corrected chi connectivity index (χ0v) is 17.2. The second-order valence-electron chi connectivity index (χ2n) is 6.87. The summed E-state index contributed by atoms with van der Waals surface area (Å²) in [5, 5.41) is 0. The summed E-state index contributed by atoms with van der Waals surface area (Å²) in [6.07, 6.45) is 1.77. The van der Waals surface area contributed by atoms with Crippen molar-refractivity contribution in [1.29, 1.82) is 0 Å². The molecule has 134 valence electrons. The number of alkyl halides is 2. The SMILES string of the molecule is COc1cc2c(cc1OC)[C@]13C[C@H](Br)C(=O)[C@@H](Br)[C@H]1CC(=O)N3CC2. The summed E-state index contributed by atoms with van der Waals surface area (Å²) in [6.45, 7) is 0.672. The molecule has 1 saturated carbocycles. The van der Waals surface area contributed by atoms with E-state index in [-0.39, 0.29) is 27.3 Å². The number of ether oxygens (including phenoxy) is 2. The average molecular weight is 473 g/mol. The molecule has 1 aliphatic carbocycles. The number of hydrogen-bond acceptors (Lipinski definition) is 4. The number of benzene rings is 1. The number of rotatable bonds is 2. The Morgan fingerprint density at radius 3 is 2.52 bits per heavy atom. The van der Waals surface area contributed by atoms with Crippen LogP contribution in [0, 0.1) is 5.92 Å². The van der Waals surface area contributed by atoms with Gasteiger partial charge in [0.15, 0.2) is 17.3 Å². The molecule has 1 aromatic carbocycles. The van der Waals surface area contributed by atoms with Crippen molar-refractivity contribution in [1.82, 2.24) is 4.90 Å². The Morgan fingerprint density at radius 2 is 1.84 bits per heavy atom. The second-order valence-corrected chi connectivity index (χ2v) is 8.96. The minimum atomic E-state index is -0.472. The fraction of sp³-hybridized carbons (Fsp3) is 0.556. The first kappa shape index (κ1) is 17.3. The molecule has 1 amide bonds. The maximum Gasteiger partial charge on any atom is 0.223 e. The van der Waals surface area contributed by atoms with Crippen LogP contribution in [0.25, 0.3) is 0 Å². The monoisotopic (exact) mass is 471 g/mol. The standard InChI is InChI=1S/C18H19Br2NO4/c1-24-13-5-9-3-4-21-15(22)7-11-16(20)17(23)12(19)8-18(11,21)10(9)6-14(13)25-2/h5-6,11-12,16H,3-4,7-8H2,1-2H3/t11-,12+,16+,18-/m1/s1. The van der Waals surface area contributed by atoms with E-state index >= 15 is 0 Å². The topological polar surface area (TPSA) is 55.8 Å². The first-order valence-electron chi connectivity index (χ1n) is 8.31. The summed E-state index contributed by atoms with van der Waals surface area (Å²) in [6, 6.07) is 4.02. The molecule has 4 rings (SSSR count). The van der Waals surface area contributed by atoms with E-state index in [0.717, 1.165) is 12.0 Å². The second kappa shape index (κ2) is 5.98. The van der Waals surface area contributed by atoms with Gasteiger partial charge in [-0.1, -0.05) is 31.9 Å². The van der Waals surface area contributed by atoms with Gasteiger partial charge in [-0.05, 0) is 36.1 Å². The molecule has 1 spiro atoms. The summed E-state index contributed by atoms with van der Waals surface area (Å²) in [5.74, 6) is 1.54. The van der Waals surface area contributed by atoms with Gasteiger partial charge in [-0.15, -0.1) is 0 Å². The lowest BCUT2D eigenvalue weighted by atomic mass is 9.66. The van der Waals surface area contributed by atoms with E-state index in [1.54, 1.807) is 14.2 Å². The highest BCUT2D eigenvalue weighted by atomic mass is 79.9. The van der Waals surface area contributed by atoms with Gasteiger partial charge in [0.2, 0.25) is 5.91 Å². The molecule has 0 unspecified atom stereocenters. The van der Waals surface area contributed by atoms with Crippen molar-refractivity contribution in [3.8, 4) is 11.5 Å². The van der Waals surface area contributed by atoms with Crippen molar-refractivity contribution in [3.05, 3.63) is 23.3 Å². The van der Waals surface area contributed by atoms with Crippen LogP contribution in [-0.4, -0.2) is 47.0 Å². The Morgan fingerprint density at radius 1 is 1.16 bits per heavy atom. The highest BCUT2D eigenvalue weighted by molar-refractivity contribution is 9.10. The van der Waals surface area contributed by atoms with Crippen LogP contribution in [0.1, 0.15) is 24.0 Å². The number of carbonyl (C=O) groups is 2. The van der Waals surface area contributed by atoms with Gasteiger partial charge in [-0.2, -0.15) is 0 Å². The average Bonchev–Trinajstić information content (AvgIpc) is 2.91. The first-order valence-corrected chi connectivity index (χ1v) is 10.1. The summed E-state index contributed by atoms with van der Waals surface area (Å²) in [4.78, 5) is 26.6. The summed E-state index contributed by atoms with van der Waals surface area (Å²) in [7, 11) is 3.24. The van der Waals surface area contributed by atoms with Crippen LogP contribution in [0.4, 0.5) is 0 Å². The van der Waals surface area contributed by atoms with Gasteiger partial charge in [0.25, 0.3) is 0 Å². The van der Waals surface area contributed by atoms with E-state index in [2.05, 4.69) is 31.9 Å². The van der Waals surface area contributed by atoms with Crippen molar-refractivity contribution in [2.75, 3.05) is 20.8 Å². The van der Waals surface area contributed by atoms with E-state index in [4.69, 9.17) is 9.47 Å². The van der Waals surface area contributed by atoms with Gasteiger partial charge in [0.05, 0.1) is 29.4 Å². The molecule has 2 fully saturated rings. The van der Waals surface area contributed by atoms with Gasteiger partial charge in [0, 0.05) is 18.9 Å². The Balaban J connectivity index is 1.95. The zero-order chi connectivity index (χ0) is 17.9. The first-order chi connectivity index (χ1) is 11.9. The third kappa shape index (κ3) is 2.24. The molecule has 0 aromatic heterocycles. The fourth-order valence-corrected chi connectivity index (χ4v) is 6.86. The minimum absolute atomic E-state index is 0.0709. The molecule has 2 aliphatic heterocycles. The number of hydrogen-bond donors (Lipinski definition) is 0. The van der Waals surface area contributed by atoms with Crippen molar-refractivity contribution in [3.63, 3.8) is 0 Å². The molecule has 25 heavy (non-hydrogen) atoms. The zero-order valence-electron chi connectivity index (χ0n) is 14.1. The number of methoxy groups -OCH3 is 2. The molecule has 2 heterocycles. The summed E-state index contributed by atoms with van der Waals surface area (Å²) < 4.78 is 11.0. The number of fused-ring (bicyclic) bond motifs is 1. The molecule has 0 radical (unpaired) electrons. The predicted octanol–water partition coefficient (Wildman–Crippen LogP) is 2.80. The quantitative estimate of drug-likeness (QED) is 0.621. The molecule has 1 saturated heterocycles. The highest BCUT2D eigenvalue weighted by Gasteiger charge is 2.62. The number of Topliss-reactive ketones (excluding diaryl/α,β-unsaturated/α-hetero) is 1. The van der Waals surface area contributed by atoms with Gasteiger partial charge in [-0.25, -0.2) is 0 Å². The minimum Gasteiger partial charge on any atom is -0.493 e. The lowest BCUT2D eigenvalue weighted by Gasteiger charge is -2.51. The number of amides is 1. The molecular weight excluding hydrogens is 454 g/mol. The largest absolute Gasteiger partial charge is 0.493 e. The molecule has 4 atom stereocenters. The molecule has 3 aliphatic rings. The third-order valence-corrected chi connectivity index (χ3v) is 7.76. The number of ketones is 1. The molecular formula is C18H19Br2NO4. The Hall–Kier alpha value is -1.08. The van der Waals surface area contributed by atoms with Crippen molar-refractivity contribution < 1.29 is 19.1 Å². The van der Waals surface area contributed by atoms with Gasteiger partial charge >= 0.3 is 0 Å². The van der Waals surface area contributed by atoms with Crippen LogP contribution < -0.4 is 9.47 Å². The lowest BCUT2D eigenvalue weighted by molar-refractivity contribution is -0.134. The van der Waals surface area contributed by atoms with E-state index in [1.807, 2.05) is 17.0 Å². The lowest BCUT2D eigenvalue weighted by Crippen LogP contribution is -2.58. The fourth-order valence-electron chi connectivity index (χ4n) is 4.78. The van der Waals surface area contributed by atoms with E-state index < -0.39 is 5.54 Å². The molecule has 5 nitrogen and oxygen atoms in total. The Bertz CT molecular complexity index is 768. The Kier molecular flexibility index (Phi) is 4.15. The molecule has 0 N–H and O–H groups in total. The van der Waals surface area contributed by atoms with Crippen LogP contribution in [-0.2, 0) is 21.5 Å². The van der Waals surface area contributed by atoms with Gasteiger partial charge in [0.1, 0.15) is 0 Å². The van der Waals surface area contributed by atoms with Gasteiger partial charge in [-0.3, -0.25) is 9.59 Å². The van der Waals surface area contributed by atoms with Gasteiger partial charge < -0.3 is 14.4 Å². The van der Waals surface area contributed by atoms with Crippen LogP contribution in [0.5, 0.6) is 11.5 Å². The summed E-state index contributed by atoms with van der Waals surface area (Å²) >= 11 is 7.14. The number of halogens is 2. The van der Waals surface area contributed by atoms with Crippen LogP contribution >= 0.6 is 31.9 Å². The van der Waals surface area contributed by atoms with Crippen molar-refractivity contribution >= 4 is 43.6 Å². The molecule has 7 heteroatoms. The van der Waals surface area contributed by atoms with Crippen molar-refractivity contribution in [2.45, 2.75) is 34.5 Å². The molecule has 0 bridgehead atoms. The normalized spacial score (nSPS) is 33.6. The van der Waals surface area contributed by atoms with Crippen LogP contribution in [0.15, 0.2) is 12.1 Å². The predicted molar refractivity (Wildman–Crippen MR) is 99.8 cm³/mol. The maximum absolute atomic E-state index is 12.7. The smallest absolute Gasteiger partial charge is 0.223 e. The number of carbonyl (C=O) groups excluding carboxylic acids is 2. The van der Waals surface area contributed by atoms with Crippen LogP contribution in [0.2, 0.25) is 0 Å². The maximum atomic E-state index is 12.7. The van der Waals surface area contributed by atoms with E-state index in [0.29, 0.717) is 30.9 Å². The van der Waals surface area contributed by atoms with E-state index in [1.165, 1.54) is 5.56 Å². The Labute approximate surface area is 163 Å². The van der Waals surface area contributed by atoms with Crippen molar-refractivity contribution in [2.24, 2.45) is 5.92 Å². The molecule has 1 aromatic rings. The highest BCUT2D eigenvalue weighted by Crippen LogP contribution is 2.57.